The van der Waals surface area contributed by atoms with Crippen molar-refractivity contribution >= 4 is 29.2 Å². The largest absolute Gasteiger partial charge is 0.480 e. The van der Waals surface area contributed by atoms with Crippen LogP contribution in [0.4, 0.5) is 4.79 Å². The molecule has 0 saturated heterocycles. The van der Waals surface area contributed by atoms with Crippen molar-refractivity contribution in [1.29, 1.82) is 0 Å². The van der Waals surface area contributed by atoms with Gasteiger partial charge in [0.15, 0.2) is 0 Å². The molecule has 1 unspecified atom stereocenters. The highest BCUT2D eigenvalue weighted by molar-refractivity contribution is 7.09. The molecule has 0 fully saturated rings. The number of primary amides is 1. The molecular formula is C11H15N3O4S. The van der Waals surface area contributed by atoms with Crippen molar-refractivity contribution in [3.8, 4) is 0 Å². The van der Waals surface area contributed by atoms with E-state index in [1.807, 2.05) is 17.5 Å². The molecule has 104 valence electrons. The molecule has 0 bridgehead atoms. The summed E-state index contributed by atoms with van der Waals surface area (Å²) < 4.78 is 0. The quantitative estimate of drug-likeness (QED) is 0.693. The number of nitrogens with two attached hydrogens (primary N) is 1. The molecule has 1 rings (SSSR count). The molecule has 7 nitrogen and oxygen atoms in total. The number of hydrogen-bond donors (Lipinski definition) is 3. The van der Waals surface area contributed by atoms with Crippen LogP contribution in [-0.4, -0.2) is 41.0 Å². The normalized spacial score (nSPS) is 11.6. The third-order valence-corrected chi connectivity index (χ3v) is 3.18. The molecule has 1 aromatic rings. The Kier molecular flexibility index (Phi) is 5.31. The number of carboxylic acid groups (broad SMARTS) is 1. The molecule has 1 aromatic heterocycles. The summed E-state index contributed by atoms with van der Waals surface area (Å²) in [6.07, 6.45) is -0.437. The number of carboxylic acids is 1. The van der Waals surface area contributed by atoms with Gasteiger partial charge >= 0.3 is 12.0 Å². The summed E-state index contributed by atoms with van der Waals surface area (Å²) >= 11 is 1.49. The van der Waals surface area contributed by atoms with E-state index < -0.39 is 30.4 Å². The van der Waals surface area contributed by atoms with E-state index in [1.54, 1.807) is 0 Å². The number of thiophene rings is 1. The molecule has 0 aliphatic carbocycles. The Morgan fingerprint density at radius 1 is 1.53 bits per heavy atom. The van der Waals surface area contributed by atoms with Gasteiger partial charge in [-0.15, -0.1) is 11.3 Å². The topological polar surface area (TPSA) is 113 Å². The summed E-state index contributed by atoms with van der Waals surface area (Å²) in [6, 6.07) is 1.85. The Bertz CT molecular complexity index is 461. The minimum Gasteiger partial charge on any atom is -0.480 e. The zero-order valence-electron chi connectivity index (χ0n) is 10.3. The average molecular weight is 285 g/mol. The molecule has 0 saturated carbocycles. The first-order chi connectivity index (χ1) is 8.90. The Morgan fingerprint density at radius 3 is 2.68 bits per heavy atom. The van der Waals surface area contributed by atoms with E-state index >= 15 is 0 Å². The van der Waals surface area contributed by atoms with Gasteiger partial charge in [-0.1, -0.05) is 6.07 Å². The molecule has 19 heavy (non-hydrogen) atoms. The van der Waals surface area contributed by atoms with Crippen LogP contribution in [0.5, 0.6) is 0 Å². The SMILES string of the molecule is CN(Cc1cccs1)C(=O)NC(CC(N)=O)C(=O)O. The van der Waals surface area contributed by atoms with Crippen LogP contribution < -0.4 is 11.1 Å². The first-order valence-electron chi connectivity index (χ1n) is 5.45. The van der Waals surface area contributed by atoms with Crippen LogP contribution in [0.1, 0.15) is 11.3 Å². The monoisotopic (exact) mass is 285 g/mol. The number of carbonyl (C=O) groups is 3. The van der Waals surface area contributed by atoms with Crippen LogP contribution in [-0.2, 0) is 16.1 Å². The number of urea groups is 1. The fourth-order valence-corrected chi connectivity index (χ4v) is 2.13. The molecule has 0 spiro atoms. The molecule has 3 amide bonds. The van der Waals surface area contributed by atoms with E-state index in [-0.39, 0.29) is 0 Å². The highest BCUT2D eigenvalue weighted by atomic mass is 32.1. The maximum Gasteiger partial charge on any atom is 0.326 e. The molecular weight excluding hydrogens is 270 g/mol. The van der Waals surface area contributed by atoms with Crippen LogP contribution in [0.15, 0.2) is 17.5 Å². The van der Waals surface area contributed by atoms with Gasteiger partial charge in [0.25, 0.3) is 0 Å². The van der Waals surface area contributed by atoms with Gasteiger partial charge in [-0.25, -0.2) is 9.59 Å². The number of nitrogens with zero attached hydrogens (tertiary/aromatic N) is 1. The summed E-state index contributed by atoms with van der Waals surface area (Å²) in [4.78, 5) is 35.7. The van der Waals surface area contributed by atoms with Crippen molar-refractivity contribution in [2.45, 2.75) is 19.0 Å². The van der Waals surface area contributed by atoms with Crippen LogP contribution in [0, 0.1) is 0 Å². The highest BCUT2D eigenvalue weighted by Crippen LogP contribution is 2.10. The van der Waals surface area contributed by atoms with Crippen molar-refractivity contribution < 1.29 is 19.5 Å². The van der Waals surface area contributed by atoms with Gasteiger partial charge in [-0.2, -0.15) is 0 Å². The minimum atomic E-state index is -1.31. The van der Waals surface area contributed by atoms with E-state index in [9.17, 15) is 14.4 Å². The Balaban J connectivity index is 2.56. The van der Waals surface area contributed by atoms with Crippen LogP contribution in [0.25, 0.3) is 0 Å². The molecule has 4 N–H and O–H groups in total. The highest BCUT2D eigenvalue weighted by Gasteiger charge is 2.23. The first-order valence-corrected chi connectivity index (χ1v) is 6.33. The standard InChI is InChI=1S/C11H15N3O4S/c1-14(6-7-3-2-4-19-7)11(18)13-8(10(16)17)5-9(12)15/h2-4,8H,5-6H2,1H3,(H2,12,15)(H,13,18)(H,16,17). The third-order valence-electron chi connectivity index (χ3n) is 2.32. The van der Waals surface area contributed by atoms with Gasteiger partial charge in [0.2, 0.25) is 5.91 Å². The number of hydrogen-bond acceptors (Lipinski definition) is 4. The summed E-state index contributed by atoms with van der Waals surface area (Å²) in [6.45, 7) is 0.367. The van der Waals surface area contributed by atoms with E-state index in [1.165, 1.54) is 23.3 Å². The lowest BCUT2D eigenvalue weighted by Gasteiger charge is -2.20. The molecule has 1 atom stereocenters. The van der Waals surface area contributed by atoms with Gasteiger partial charge in [0, 0.05) is 11.9 Å². The number of carbonyl (C=O) groups excluding carboxylic acids is 2. The second-order valence-corrected chi connectivity index (χ2v) is 4.98. The predicted octanol–water partition coefficient (Wildman–Crippen LogP) is 0.218. The third kappa shape index (κ3) is 4.96. The summed E-state index contributed by atoms with van der Waals surface area (Å²) in [5.74, 6) is -2.08. The fraction of sp³-hybridized carbons (Fsp3) is 0.364. The van der Waals surface area contributed by atoms with Crippen molar-refractivity contribution in [2.75, 3.05) is 7.05 Å². The lowest BCUT2D eigenvalue weighted by atomic mass is 10.2. The zero-order chi connectivity index (χ0) is 14.4. The maximum absolute atomic E-state index is 11.8. The number of aliphatic carboxylic acids is 1. The molecule has 0 radical (unpaired) electrons. The number of nitrogens with one attached hydrogen (secondary N) is 1. The Morgan fingerprint density at radius 2 is 2.21 bits per heavy atom. The first kappa shape index (κ1) is 15.0. The molecule has 0 aliphatic heterocycles. The van der Waals surface area contributed by atoms with E-state index in [2.05, 4.69) is 5.32 Å². The molecule has 0 aromatic carbocycles. The predicted molar refractivity (Wildman–Crippen MR) is 69.6 cm³/mol. The van der Waals surface area contributed by atoms with E-state index in [0.717, 1.165) is 4.88 Å². The van der Waals surface area contributed by atoms with Crippen LogP contribution in [0.2, 0.25) is 0 Å². The lowest BCUT2D eigenvalue weighted by molar-refractivity contribution is -0.140. The lowest BCUT2D eigenvalue weighted by Crippen LogP contribution is -2.47. The van der Waals surface area contributed by atoms with Crippen molar-refractivity contribution in [3.05, 3.63) is 22.4 Å². The number of rotatable bonds is 6. The second kappa shape index (κ2) is 6.74. The molecule has 1 heterocycles. The van der Waals surface area contributed by atoms with Crippen LogP contribution >= 0.6 is 11.3 Å². The average Bonchev–Trinajstić information content (AvgIpc) is 2.79. The van der Waals surface area contributed by atoms with Gasteiger partial charge in [-0.3, -0.25) is 4.79 Å². The zero-order valence-corrected chi connectivity index (χ0v) is 11.1. The van der Waals surface area contributed by atoms with Gasteiger partial charge < -0.3 is 21.1 Å². The van der Waals surface area contributed by atoms with Crippen molar-refractivity contribution in [1.82, 2.24) is 10.2 Å². The fourth-order valence-electron chi connectivity index (χ4n) is 1.37. The smallest absolute Gasteiger partial charge is 0.326 e. The second-order valence-electron chi connectivity index (χ2n) is 3.95. The van der Waals surface area contributed by atoms with Gasteiger partial charge in [0.05, 0.1) is 13.0 Å². The molecule has 8 heteroatoms. The minimum absolute atomic E-state index is 0.367. The Labute approximate surface area is 114 Å². The maximum atomic E-state index is 11.8. The van der Waals surface area contributed by atoms with Crippen LogP contribution in [0.3, 0.4) is 0 Å². The summed E-state index contributed by atoms with van der Waals surface area (Å²) in [5.41, 5.74) is 4.93. The van der Waals surface area contributed by atoms with Gasteiger partial charge in [0.1, 0.15) is 6.04 Å². The molecule has 0 aliphatic rings. The van der Waals surface area contributed by atoms with E-state index in [0.29, 0.717) is 6.54 Å². The summed E-state index contributed by atoms with van der Waals surface area (Å²) in [5, 5.41) is 13.0. The summed E-state index contributed by atoms with van der Waals surface area (Å²) in [7, 11) is 1.54. The van der Waals surface area contributed by atoms with Crippen molar-refractivity contribution in [2.24, 2.45) is 5.73 Å². The Hall–Kier alpha value is -2.09. The number of amides is 3. The van der Waals surface area contributed by atoms with Crippen molar-refractivity contribution in [3.63, 3.8) is 0 Å². The van der Waals surface area contributed by atoms with E-state index in [4.69, 9.17) is 10.8 Å². The van der Waals surface area contributed by atoms with Gasteiger partial charge in [-0.05, 0) is 11.4 Å².